The highest BCUT2D eigenvalue weighted by atomic mass is 16.7. The van der Waals surface area contributed by atoms with Crippen molar-refractivity contribution in [3.63, 3.8) is 0 Å². The predicted octanol–water partition coefficient (Wildman–Crippen LogP) is 4.41. The predicted molar refractivity (Wildman–Crippen MR) is 125 cm³/mol. The summed E-state index contributed by atoms with van der Waals surface area (Å²) in [5.74, 6) is 0.805. The van der Waals surface area contributed by atoms with Crippen molar-refractivity contribution in [2.45, 2.75) is 134 Å². The second-order valence-corrected chi connectivity index (χ2v) is 14.3. The molecule has 12 atom stereocenters. The van der Waals surface area contributed by atoms with Crippen LogP contribution in [0.3, 0.4) is 0 Å². The standard InChI is InChI=1S/C28H46O5/c1-24(2)10-6-11-28(33-24)27(5,31)23-21(32-28)14-19-18-8-7-16-13-17(29)9-12-25(16,3)22(18)20(30)15-26(19,23)4/h16-23,29-31H,6-15H2,1-5H3/t16-,17+,18-,19-,20-,21-,22+,23-,25-,26-,27+,28+/m0/s1. The summed E-state index contributed by atoms with van der Waals surface area (Å²) in [5.41, 5.74) is -1.40. The van der Waals surface area contributed by atoms with Crippen molar-refractivity contribution in [3.05, 3.63) is 0 Å². The van der Waals surface area contributed by atoms with Gasteiger partial charge in [0.15, 0.2) is 5.79 Å². The van der Waals surface area contributed by atoms with Crippen LogP contribution >= 0.6 is 0 Å². The molecule has 5 heteroatoms. The Morgan fingerprint density at radius 2 is 1.61 bits per heavy atom. The van der Waals surface area contributed by atoms with Crippen molar-refractivity contribution >= 4 is 0 Å². The first-order chi connectivity index (χ1) is 15.3. The zero-order valence-corrected chi connectivity index (χ0v) is 21.3. The smallest absolute Gasteiger partial charge is 0.198 e. The number of ether oxygens (including phenoxy) is 2. The average Bonchev–Trinajstić information content (AvgIpc) is 3.09. The van der Waals surface area contributed by atoms with Gasteiger partial charge < -0.3 is 24.8 Å². The van der Waals surface area contributed by atoms with Crippen molar-refractivity contribution in [1.29, 1.82) is 0 Å². The van der Waals surface area contributed by atoms with Gasteiger partial charge in [-0.2, -0.15) is 0 Å². The van der Waals surface area contributed by atoms with Crippen LogP contribution in [0.15, 0.2) is 0 Å². The summed E-state index contributed by atoms with van der Waals surface area (Å²) >= 11 is 0. The Labute approximate surface area is 199 Å². The Morgan fingerprint density at radius 3 is 2.33 bits per heavy atom. The molecule has 4 saturated carbocycles. The number of aliphatic hydroxyl groups excluding tert-OH is 2. The van der Waals surface area contributed by atoms with Crippen molar-refractivity contribution in [2.75, 3.05) is 0 Å². The Kier molecular flexibility index (Phi) is 4.90. The first kappa shape index (κ1) is 23.2. The van der Waals surface area contributed by atoms with Gasteiger partial charge in [-0.25, -0.2) is 0 Å². The van der Waals surface area contributed by atoms with Gasteiger partial charge in [0.05, 0.1) is 23.9 Å². The fourth-order valence-corrected chi connectivity index (χ4v) is 10.8. The van der Waals surface area contributed by atoms with Crippen LogP contribution in [0, 0.1) is 40.4 Å². The van der Waals surface area contributed by atoms with Gasteiger partial charge in [-0.1, -0.05) is 13.8 Å². The van der Waals surface area contributed by atoms with Gasteiger partial charge in [0.1, 0.15) is 5.60 Å². The van der Waals surface area contributed by atoms with E-state index in [1.165, 1.54) is 0 Å². The topological polar surface area (TPSA) is 79.2 Å². The van der Waals surface area contributed by atoms with E-state index in [4.69, 9.17) is 9.47 Å². The maximum absolute atomic E-state index is 12.2. The van der Waals surface area contributed by atoms with Crippen molar-refractivity contribution in [3.8, 4) is 0 Å². The van der Waals surface area contributed by atoms with Gasteiger partial charge in [-0.3, -0.25) is 0 Å². The first-order valence-corrected chi connectivity index (χ1v) is 13.8. The van der Waals surface area contributed by atoms with Gasteiger partial charge in [-0.05, 0) is 113 Å². The van der Waals surface area contributed by atoms with Crippen LogP contribution in [0.25, 0.3) is 0 Å². The number of hydrogen-bond donors (Lipinski definition) is 3. The maximum atomic E-state index is 12.2. The lowest BCUT2D eigenvalue weighted by molar-refractivity contribution is -0.347. The summed E-state index contributed by atoms with van der Waals surface area (Å²) in [5, 5.41) is 34.2. The van der Waals surface area contributed by atoms with Gasteiger partial charge in [0.25, 0.3) is 0 Å². The van der Waals surface area contributed by atoms with Crippen LogP contribution in [0.5, 0.6) is 0 Å². The normalized spacial score (nSPS) is 61.8. The molecule has 2 aliphatic heterocycles. The molecule has 2 saturated heterocycles. The molecule has 6 rings (SSSR count). The van der Waals surface area contributed by atoms with E-state index in [-0.39, 0.29) is 40.7 Å². The highest BCUT2D eigenvalue weighted by molar-refractivity contribution is 5.21. The average molecular weight is 463 g/mol. The van der Waals surface area contributed by atoms with E-state index >= 15 is 0 Å². The highest BCUT2D eigenvalue weighted by Crippen LogP contribution is 2.72. The Balaban J connectivity index is 1.33. The zero-order chi connectivity index (χ0) is 23.6. The SMILES string of the molecule is CC1(C)CCC[C@@]2(O[C@H]3C[C@H]4[C@@H]5CC[C@H]6C[C@H](O)CC[C@]6(C)[C@H]5[C@@H](O)C[C@]4(C)[C@H]3[C@@]2(C)O)O1. The highest BCUT2D eigenvalue weighted by Gasteiger charge is 2.75. The third kappa shape index (κ3) is 2.95. The molecule has 0 amide bonds. The van der Waals surface area contributed by atoms with Gasteiger partial charge in [0, 0.05) is 12.3 Å². The van der Waals surface area contributed by atoms with Gasteiger partial charge in [-0.15, -0.1) is 0 Å². The quantitative estimate of drug-likeness (QED) is 0.497. The second-order valence-electron chi connectivity index (χ2n) is 14.3. The lowest BCUT2D eigenvalue weighted by Crippen LogP contribution is -2.64. The zero-order valence-electron chi connectivity index (χ0n) is 21.3. The van der Waals surface area contributed by atoms with E-state index in [1.807, 2.05) is 6.92 Å². The summed E-state index contributed by atoms with van der Waals surface area (Å²) in [4.78, 5) is 0. The molecule has 0 unspecified atom stereocenters. The summed E-state index contributed by atoms with van der Waals surface area (Å²) < 4.78 is 13.4. The lowest BCUT2D eigenvalue weighted by atomic mass is 9.43. The largest absolute Gasteiger partial charge is 0.393 e. The Hall–Kier alpha value is -0.200. The Morgan fingerprint density at radius 1 is 0.848 bits per heavy atom. The maximum Gasteiger partial charge on any atom is 0.198 e. The molecule has 0 aromatic carbocycles. The van der Waals surface area contributed by atoms with Gasteiger partial charge >= 0.3 is 0 Å². The van der Waals surface area contributed by atoms with Crippen LogP contribution < -0.4 is 0 Å². The van der Waals surface area contributed by atoms with E-state index in [2.05, 4.69) is 27.7 Å². The van der Waals surface area contributed by atoms with Crippen molar-refractivity contribution in [1.82, 2.24) is 0 Å². The van der Waals surface area contributed by atoms with Crippen LogP contribution in [0.4, 0.5) is 0 Å². The second kappa shape index (κ2) is 6.97. The van der Waals surface area contributed by atoms with Crippen LogP contribution in [-0.4, -0.2) is 50.6 Å². The third-order valence-corrected chi connectivity index (χ3v) is 12.0. The molecular weight excluding hydrogens is 416 g/mol. The van der Waals surface area contributed by atoms with E-state index in [0.717, 1.165) is 64.2 Å². The van der Waals surface area contributed by atoms with Crippen molar-refractivity contribution in [2.24, 2.45) is 40.4 Å². The van der Waals surface area contributed by atoms with E-state index in [1.54, 1.807) is 0 Å². The number of aliphatic hydroxyl groups is 3. The number of hydrogen-bond acceptors (Lipinski definition) is 5. The number of rotatable bonds is 0. The first-order valence-electron chi connectivity index (χ1n) is 13.8. The van der Waals surface area contributed by atoms with Crippen LogP contribution in [0.1, 0.15) is 98.8 Å². The van der Waals surface area contributed by atoms with Crippen LogP contribution in [0.2, 0.25) is 0 Å². The van der Waals surface area contributed by atoms with Gasteiger partial charge in [0.2, 0.25) is 0 Å². The van der Waals surface area contributed by atoms with E-state index in [9.17, 15) is 15.3 Å². The molecular formula is C28H46O5. The molecule has 33 heavy (non-hydrogen) atoms. The third-order valence-electron chi connectivity index (χ3n) is 12.0. The summed E-state index contributed by atoms with van der Waals surface area (Å²) in [7, 11) is 0. The fourth-order valence-electron chi connectivity index (χ4n) is 10.8. The molecule has 0 aromatic heterocycles. The lowest BCUT2D eigenvalue weighted by Gasteiger charge is -2.63. The van der Waals surface area contributed by atoms with E-state index in [0.29, 0.717) is 23.7 Å². The molecule has 2 heterocycles. The molecule has 1 spiro atoms. The van der Waals surface area contributed by atoms with Crippen molar-refractivity contribution < 1.29 is 24.8 Å². The summed E-state index contributed by atoms with van der Waals surface area (Å²) in [6.45, 7) is 10.9. The minimum atomic E-state index is -1.07. The minimum absolute atomic E-state index is 0.00597. The molecule has 188 valence electrons. The Bertz CT molecular complexity index is 810. The molecule has 6 fully saturated rings. The summed E-state index contributed by atoms with van der Waals surface area (Å²) in [6.07, 6.45) is 8.98. The molecule has 0 bridgehead atoms. The number of fused-ring (bicyclic) bond motifs is 7. The molecule has 5 nitrogen and oxygen atoms in total. The minimum Gasteiger partial charge on any atom is -0.393 e. The molecule has 0 radical (unpaired) electrons. The molecule has 0 aromatic rings. The monoisotopic (exact) mass is 462 g/mol. The molecule has 3 N–H and O–H groups in total. The van der Waals surface area contributed by atoms with E-state index < -0.39 is 11.4 Å². The molecule has 4 aliphatic carbocycles. The van der Waals surface area contributed by atoms with Crippen LogP contribution in [-0.2, 0) is 9.47 Å². The molecule has 6 aliphatic rings. The summed E-state index contributed by atoms with van der Waals surface area (Å²) in [6, 6.07) is 0. The fraction of sp³-hybridized carbons (Fsp3) is 1.00.